The summed E-state index contributed by atoms with van der Waals surface area (Å²) < 4.78 is 2.10. The Bertz CT molecular complexity index is 552. The number of pyridine rings is 1. The highest BCUT2D eigenvalue weighted by molar-refractivity contribution is 5.74. The SMILES string of the molecule is Cc1ccc2nc(N)n(CC3CCCCC3)c2n1. The van der Waals surface area contributed by atoms with Crippen molar-refractivity contribution in [1.29, 1.82) is 0 Å². The summed E-state index contributed by atoms with van der Waals surface area (Å²) in [5.41, 5.74) is 8.91. The Hall–Kier alpha value is -1.58. The van der Waals surface area contributed by atoms with Gasteiger partial charge in [0.15, 0.2) is 5.65 Å². The average Bonchev–Trinajstić information content (AvgIpc) is 2.67. The number of fused-ring (bicyclic) bond motifs is 1. The summed E-state index contributed by atoms with van der Waals surface area (Å²) in [4.78, 5) is 8.98. The Labute approximate surface area is 107 Å². The summed E-state index contributed by atoms with van der Waals surface area (Å²) in [7, 11) is 0. The third-order valence-corrected chi connectivity index (χ3v) is 3.93. The zero-order valence-electron chi connectivity index (χ0n) is 10.9. The first kappa shape index (κ1) is 11.5. The molecule has 0 atom stereocenters. The molecule has 2 N–H and O–H groups in total. The molecule has 0 spiro atoms. The molecule has 96 valence electrons. The average molecular weight is 244 g/mol. The van der Waals surface area contributed by atoms with Crippen molar-refractivity contribution in [2.45, 2.75) is 45.6 Å². The van der Waals surface area contributed by atoms with E-state index < -0.39 is 0 Å². The van der Waals surface area contributed by atoms with Crippen LogP contribution >= 0.6 is 0 Å². The zero-order chi connectivity index (χ0) is 12.5. The number of hydrogen-bond acceptors (Lipinski definition) is 3. The van der Waals surface area contributed by atoms with Crippen LogP contribution in [0.5, 0.6) is 0 Å². The second kappa shape index (κ2) is 4.59. The van der Waals surface area contributed by atoms with Crippen LogP contribution in [0.2, 0.25) is 0 Å². The Morgan fingerprint density at radius 1 is 1.22 bits per heavy atom. The molecule has 0 unspecified atom stereocenters. The lowest BCUT2D eigenvalue weighted by atomic mass is 9.89. The highest BCUT2D eigenvalue weighted by Crippen LogP contribution is 2.27. The van der Waals surface area contributed by atoms with Crippen molar-refractivity contribution < 1.29 is 0 Å². The van der Waals surface area contributed by atoms with Crippen LogP contribution in [0.15, 0.2) is 12.1 Å². The first-order chi connectivity index (χ1) is 8.74. The van der Waals surface area contributed by atoms with Crippen molar-refractivity contribution in [1.82, 2.24) is 14.5 Å². The molecule has 4 heteroatoms. The van der Waals surface area contributed by atoms with Crippen molar-refractivity contribution in [3.8, 4) is 0 Å². The van der Waals surface area contributed by atoms with Gasteiger partial charge in [-0.1, -0.05) is 19.3 Å². The molecule has 0 bridgehead atoms. The summed E-state index contributed by atoms with van der Waals surface area (Å²) in [6.07, 6.45) is 6.71. The van der Waals surface area contributed by atoms with Gasteiger partial charge in [-0.3, -0.25) is 4.57 Å². The van der Waals surface area contributed by atoms with Gasteiger partial charge in [-0.15, -0.1) is 0 Å². The number of nitrogens with two attached hydrogens (primary N) is 1. The van der Waals surface area contributed by atoms with Gasteiger partial charge in [0.05, 0.1) is 0 Å². The molecule has 3 rings (SSSR count). The van der Waals surface area contributed by atoms with Gasteiger partial charge >= 0.3 is 0 Å². The molecule has 1 aliphatic carbocycles. The van der Waals surface area contributed by atoms with Gasteiger partial charge in [-0.2, -0.15) is 0 Å². The lowest BCUT2D eigenvalue weighted by Gasteiger charge is -2.22. The van der Waals surface area contributed by atoms with Crippen molar-refractivity contribution in [2.75, 3.05) is 5.73 Å². The minimum absolute atomic E-state index is 0.605. The maximum absolute atomic E-state index is 6.03. The minimum Gasteiger partial charge on any atom is -0.369 e. The van der Waals surface area contributed by atoms with Gasteiger partial charge in [0, 0.05) is 12.2 Å². The quantitative estimate of drug-likeness (QED) is 0.883. The van der Waals surface area contributed by atoms with E-state index in [4.69, 9.17) is 5.73 Å². The highest BCUT2D eigenvalue weighted by atomic mass is 15.2. The lowest BCUT2D eigenvalue weighted by molar-refractivity contribution is 0.323. The molecule has 2 aromatic rings. The maximum atomic E-state index is 6.03. The van der Waals surface area contributed by atoms with E-state index in [1.165, 1.54) is 32.1 Å². The van der Waals surface area contributed by atoms with Gasteiger partial charge in [0.25, 0.3) is 0 Å². The predicted octanol–water partition coefficient (Wildman–Crippen LogP) is 2.90. The number of nitrogen functional groups attached to an aromatic ring is 1. The van der Waals surface area contributed by atoms with E-state index >= 15 is 0 Å². The van der Waals surface area contributed by atoms with Crippen LogP contribution in [0.4, 0.5) is 5.95 Å². The van der Waals surface area contributed by atoms with E-state index in [1.54, 1.807) is 0 Å². The molecule has 1 aliphatic rings. The molecule has 4 nitrogen and oxygen atoms in total. The number of anilines is 1. The van der Waals surface area contributed by atoms with Crippen LogP contribution in [0.3, 0.4) is 0 Å². The molecular weight excluding hydrogens is 224 g/mol. The molecule has 0 aromatic carbocycles. The third-order valence-electron chi connectivity index (χ3n) is 3.93. The molecular formula is C14H20N4. The molecule has 18 heavy (non-hydrogen) atoms. The monoisotopic (exact) mass is 244 g/mol. The predicted molar refractivity (Wildman–Crippen MR) is 73.3 cm³/mol. The summed E-state index contributed by atoms with van der Waals surface area (Å²) in [5.74, 6) is 1.34. The van der Waals surface area contributed by atoms with E-state index in [0.717, 1.165) is 29.3 Å². The number of aryl methyl sites for hydroxylation is 1. The van der Waals surface area contributed by atoms with E-state index in [0.29, 0.717) is 5.95 Å². The highest BCUT2D eigenvalue weighted by Gasteiger charge is 2.17. The van der Waals surface area contributed by atoms with E-state index in [9.17, 15) is 0 Å². The van der Waals surface area contributed by atoms with E-state index in [-0.39, 0.29) is 0 Å². The van der Waals surface area contributed by atoms with Crippen molar-refractivity contribution in [2.24, 2.45) is 5.92 Å². The molecule has 0 radical (unpaired) electrons. The molecule has 2 heterocycles. The fourth-order valence-corrected chi connectivity index (χ4v) is 2.92. The first-order valence-corrected chi connectivity index (χ1v) is 6.83. The van der Waals surface area contributed by atoms with Gasteiger partial charge in [0.2, 0.25) is 5.95 Å². The Morgan fingerprint density at radius 3 is 2.78 bits per heavy atom. The van der Waals surface area contributed by atoms with E-state index in [2.05, 4.69) is 14.5 Å². The number of imidazole rings is 1. The minimum atomic E-state index is 0.605. The maximum Gasteiger partial charge on any atom is 0.202 e. The van der Waals surface area contributed by atoms with Gasteiger partial charge in [-0.05, 0) is 37.8 Å². The zero-order valence-corrected chi connectivity index (χ0v) is 10.9. The van der Waals surface area contributed by atoms with Crippen LogP contribution in [0.1, 0.15) is 37.8 Å². The van der Waals surface area contributed by atoms with Gasteiger partial charge in [-0.25, -0.2) is 9.97 Å². The Kier molecular flexibility index (Phi) is 2.94. The molecule has 1 saturated carbocycles. The number of rotatable bonds is 2. The largest absolute Gasteiger partial charge is 0.369 e. The van der Waals surface area contributed by atoms with E-state index in [1.807, 2.05) is 19.1 Å². The van der Waals surface area contributed by atoms with Crippen molar-refractivity contribution >= 4 is 17.1 Å². The Morgan fingerprint density at radius 2 is 2.00 bits per heavy atom. The fourth-order valence-electron chi connectivity index (χ4n) is 2.92. The molecule has 0 aliphatic heterocycles. The van der Waals surface area contributed by atoms with Crippen LogP contribution in [0.25, 0.3) is 11.2 Å². The standard InChI is InChI=1S/C14H20N4/c1-10-7-8-12-13(16-10)18(14(15)17-12)9-11-5-3-2-4-6-11/h7-8,11H,2-6,9H2,1H3,(H2,15,17). The lowest BCUT2D eigenvalue weighted by Crippen LogP contribution is -2.16. The topological polar surface area (TPSA) is 56.7 Å². The molecule has 2 aromatic heterocycles. The van der Waals surface area contributed by atoms with Crippen LogP contribution < -0.4 is 5.73 Å². The van der Waals surface area contributed by atoms with Crippen molar-refractivity contribution in [3.05, 3.63) is 17.8 Å². The summed E-state index contributed by atoms with van der Waals surface area (Å²) in [5, 5.41) is 0. The summed E-state index contributed by atoms with van der Waals surface area (Å²) >= 11 is 0. The number of aromatic nitrogens is 3. The smallest absolute Gasteiger partial charge is 0.202 e. The Balaban J connectivity index is 1.94. The second-order valence-electron chi connectivity index (χ2n) is 5.38. The van der Waals surface area contributed by atoms with Crippen LogP contribution in [-0.4, -0.2) is 14.5 Å². The van der Waals surface area contributed by atoms with Gasteiger partial charge < -0.3 is 5.73 Å². The second-order valence-corrected chi connectivity index (χ2v) is 5.38. The van der Waals surface area contributed by atoms with Gasteiger partial charge in [0.1, 0.15) is 5.52 Å². The summed E-state index contributed by atoms with van der Waals surface area (Å²) in [6, 6.07) is 3.99. The summed E-state index contributed by atoms with van der Waals surface area (Å²) in [6.45, 7) is 2.98. The van der Waals surface area contributed by atoms with Crippen LogP contribution in [0, 0.1) is 12.8 Å². The van der Waals surface area contributed by atoms with Crippen LogP contribution in [-0.2, 0) is 6.54 Å². The normalized spacial score (nSPS) is 17.4. The number of hydrogen-bond donors (Lipinski definition) is 1. The number of nitrogens with zero attached hydrogens (tertiary/aromatic N) is 3. The molecule has 0 amide bonds. The fraction of sp³-hybridized carbons (Fsp3) is 0.571. The third kappa shape index (κ3) is 2.07. The van der Waals surface area contributed by atoms with Crippen molar-refractivity contribution in [3.63, 3.8) is 0 Å². The molecule has 0 saturated heterocycles. The first-order valence-electron chi connectivity index (χ1n) is 6.83. The molecule has 1 fully saturated rings.